The topological polar surface area (TPSA) is 57.6 Å². The van der Waals surface area contributed by atoms with Crippen LogP contribution < -0.4 is 0 Å². The summed E-state index contributed by atoms with van der Waals surface area (Å²) in [6, 6.07) is 0. The van der Waals surface area contributed by atoms with E-state index in [-0.39, 0.29) is 11.3 Å². The summed E-state index contributed by atoms with van der Waals surface area (Å²) in [7, 11) is 0. The van der Waals surface area contributed by atoms with E-state index in [4.69, 9.17) is 5.11 Å². The Hall–Kier alpha value is -1.34. The van der Waals surface area contributed by atoms with Crippen molar-refractivity contribution in [2.45, 2.75) is 25.2 Å². The van der Waals surface area contributed by atoms with E-state index < -0.39 is 42.7 Å². The van der Waals surface area contributed by atoms with E-state index in [9.17, 15) is 27.2 Å². The lowest BCUT2D eigenvalue weighted by molar-refractivity contribution is -0.185. The molecule has 1 heterocycles. The lowest BCUT2D eigenvalue weighted by Crippen LogP contribution is -2.44. The van der Waals surface area contributed by atoms with Crippen molar-refractivity contribution < 1.29 is 32.3 Å². The van der Waals surface area contributed by atoms with Gasteiger partial charge in [-0.15, -0.1) is 0 Å². The Morgan fingerprint density at radius 1 is 1.47 bits per heavy atom. The molecule has 0 radical (unpaired) electrons. The molecule has 1 rings (SSSR count). The van der Waals surface area contributed by atoms with Gasteiger partial charge < -0.3 is 10.0 Å². The molecule has 0 aliphatic carbocycles. The Bertz CT molecular complexity index is 344. The van der Waals surface area contributed by atoms with Gasteiger partial charge in [-0.05, 0) is 6.42 Å². The number of amides is 1. The lowest BCUT2D eigenvalue weighted by Gasteiger charge is -2.19. The molecule has 0 unspecified atom stereocenters. The van der Waals surface area contributed by atoms with Crippen molar-refractivity contribution in [1.82, 2.24) is 4.90 Å². The highest BCUT2D eigenvalue weighted by Gasteiger charge is 2.57. The second-order valence-electron chi connectivity index (χ2n) is 3.96. The fourth-order valence-electron chi connectivity index (χ4n) is 1.91. The van der Waals surface area contributed by atoms with Crippen molar-refractivity contribution in [3.63, 3.8) is 0 Å². The maximum absolute atomic E-state index is 13.9. The Morgan fingerprint density at radius 3 is 2.29 bits per heavy atom. The highest BCUT2D eigenvalue weighted by Crippen LogP contribution is 2.36. The number of carboxylic acids is 1. The van der Waals surface area contributed by atoms with Crippen molar-refractivity contribution in [3.8, 4) is 0 Å². The normalized spacial score (nSPS) is 29.5. The second kappa shape index (κ2) is 4.15. The van der Waals surface area contributed by atoms with Gasteiger partial charge in [0.25, 0.3) is 0 Å². The van der Waals surface area contributed by atoms with Crippen LogP contribution in [-0.2, 0) is 9.59 Å². The lowest BCUT2D eigenvalue weighted by atomic mass is 9.91. The molecule has 1 fully saturated rings. The van der Waals surface area contributed by atoms with Crippen LogP contribution in [0.4, 0.5) is 17.6 Å². The zero-order valence-corrected chi connectivity index (χ0v) is 8.92. The Labute approximate surface area is 94.2 Å². The predicted octanol–water partition coefficient (Wildman–Crippen LogP) is 1.21. The number of carboxylic acid groups (broad SMARTS) is 1. The molecule has 0 spiro atoms. The van der Waals surface area contributed by atoms with Gasteiger partial charge in [0, 0.05) is 12.5 Å². The SMILES string of the molecule is CC[C@@H]1CN(C(=O)C(F)(F)F)C[C@@]1(F)C(=O)O. The minimum Gasteiger partial charge on any atom is -0.479 e. The third-order valence-corrected chi connectivity index (χ3v) is 2.89. The van der Waals surface area contributed by atoms with Crippen LogP contribution in [-0.4, -0.2) is 46.8 Å². The van der Waals surface area contributed by atoms with E-state index in [0.717, 1.165) is 0 Å². The predicted molar refractivity (Wildman–Crippen MR) is 47.9 cm³/mol. The zero-order chi connectivity index (χ0) is 13.4. The summed E-state index contributed by atoms with van der Waals surface area (Å²) in [5.74, 6) is -5.15. The number of alkyl halides is 4. The first-order chi connectivity index (χ1) is 7.63. The summed E-state index contributed by atoms with van der Waals surface area (Å²) < 4.78 is 50.3. The minimum absolute atomic E-state index is 0.0461. The van der Waals surface area contributed by atoms with Crippen LogP contribution in [0.25, 0.3) is 0 Å². The Morgan fingerprint density at radius 2 is 2.00 bits per heavy atom. The summed E-state index contributed by atoms with van der Waals surface area (Å²) in [5, 5.41) is 8.68. The molecule has 0 aromatic rings. The molecular weight excluding hydrogens is 246 g/mol. The third-order valence-electron chi connectivity index (χ3n) is 2.89. The average Bonchev–Trinajstić information content (AvgIpc) is 2.54. The molecular formula is C9H11F4NO3. The van der Waals surface area contributed by atoms with Gasteiger partial charge in [0.2, 0.25) is 5.67 Å². The molecule has 4 nitrogen and oxygen atoms in total. The van der Waals surface area contributed by atoms with E-state index >= 15 is 0 Å². The number of nitrogens with zero attached hydrogens (tertiary/aromatic N) is 1. The summed E-state index contributed by atoms with van der Waals surface area (Å²) in [6.45, 7) is -0.125. The molecule has 1 aliphatic heterocycles. The molecule has 0 bridgehead atoms. The van der Waals surface area contributed by atoms with Crippen LogP contribution >= 0.6 is 0 Å². The molecule has 8 heteroatoms. The van der Waals surface area contributed by atoms with Gasteiger partial charge in [-0.1, -0.05) is 6.92 Å². The molecule has 0 aromatic carbocycles. The zero-order valence-electron chi connectivity index (χ0n) is 8.92. The van der Waals surface area contributed by atoms with Gasteiger partial charge >= 0.3 is 18.1 Å². The first-order valence-corrected chi connectivity index (χ1v) is 4.91. The number of carbonyl (C=O) groups excluding carboxylic acids is 1. The van der Waals surface area contributed by atoms with Crippen LogP contribution in [0.3, 0.4) is 0 Å². The monoisotopic (exact) mass is 257 g/mol. The Balaban J connectivity index is 2.92. The largest absolute Gasteiger partial charge is 0.479 e. The number of carbonyl (C=O) groups is 2. The molecule has 1 amide bonds. The van der Waals surface area contributed by atoms with Crippen LogP contribution in [0, 0.1) is 5.92 Å². The van der Waals surface area contributed by atoms with Gasteiger partial charge in [0.1, 0.15) is 0 Å². The standard InChI is InChI=1S/C9H11F4NO3/c1-2-5-3-14(6(15)9(11,12)13)4-8(5,10)7(16)17/h5H,2-4H2,1H3,(H,16,17)/t5-,8+/m1/s1. The first kappa shape index (κ1) is 13.7. The fourth-order valence-corrected chi connectivity index (χ4v) is 1.91. The van der Waals surface area contributed by atoms with Gasteiger partial charge in [-0.2, -0.15) is 13.2 Å². The number of hydrogen-bond acceptors (Lipinski definition) is 2. The van der Waals surface area contributed by atoms with Crippen LogP contribution in [0.5, 0.6) is 0 Å². The molecule has 1 aliphatic rings. The van der Waals surface area contributed by atoms with Gasteiger partial charge in [-0.3, -0.25) is 4.79 Å². The molecule has 0 aromatic heterocycles. The molecule has 0 saturated carbocycles. The summed E-state index contributed by atoms with van der Waals surface area (Å²) in [6.07, 6.45) is -5.06. The average molecular weight is 257 g/mol. The van der Waals surface area contributed by atoms with Crippen molar-refractivity contribution in [2.75, 3.05) is 13.1 Å². The van der Waals surface area contributed by atoms with Crippen molar-refractivity contribution in [1.29, 1.82) is 0 Å². The quantitative estimate of drug-likeness (QED) is 0.756. The number of halogens is 4. The van der Waals surface area contributed by atoms with E-state index in [1.807, 2.05) is 0 Å². The highest BCUT2D eigenvalue weighted by molar-refractivity contribution is 5.85. The van der Waals surface area contributed by atoms with Gasteiger partial charge in [-0.25, -0.2) is 9.18 Å². The van der Waals surface area contributed by atoms with E-state index in [1.54, 1.807) is 0 Å². The van der Waals surface area contributed by atoms with E-state index in [1.165, 1.54) is 6.92 Å². The van der Waals surface area contributed by atoms with Gasteiger partial charge in [0.15, 0.2) is 0 Å². The number of hydrogen-bond donors (Lipinski definition) is 1. The van der Waals surface area contributed by atoms with E-state index in [2.05, 4.69) is 0 Å². The smallest absolute Gasteiger partial charge is 0.471 e. The highest BCUT2D eigenvalue weighted by atomic mass is 19.4. The second-order valence-corrected chi connectivity index (χ2v) is 3.96. The Kier molecular flexibility index (Phi) is 3.35. The molecule has 17 heavy (non-hydrogen) atoms. The van der Waals surface area contributed by atoms with Crippen molar-refractivity contribution in [3.05, 3.63) is 0 Å². The van der Waals surface area contributed by atoms with Crippen molar-refractivity contribution in [2.24, 2.45) is 5.92 Å². The minimum atomic E-state index is -5.11. The van der Waals surface area contributed by atoms with Crippen molar-refractivity contribution >= 4 is 11.9 Å². The molecule has 98 valence electrons. The maximum Gasteiger partial charge on any atom is 0.471 e. The van der Waals surface area contributed by atoms with Crippen LogP contribution in [0.2, 0.25) is 0 Å². The van der Waals surface area contributed by atoms with Crippen LogP contribution in [0.1, 0.15) is 13.3 Å². The maximum atomic E-state index is 13.9. The summed E-state index contributed by atoms with van der Waals surface area (Å²) in [5.41, 5.74) is -2.80. The number of likely N-dealkylation sites (tertiary alicyclic amines) is 1. The van der Waals surface area contributed by atoms with Gasteiger partial charge in [0.05, 0.1) is 6.54 Å². The fraction of sp³-hybridized carbons (Fsp3) is 0.778. The number of rotatable bonds is 2. The molecule has 1 N–H and O–H groups in total. The number of aliphatic carboxylic acids is 1. The third kappa shape index (κ3) is 2.34. The first-order valence-electron chi connectivity index (χ1n) is 4.91. The van der Waals surface area contributed by atoms with Crippen LogP contribution in [0.15, 0.2) is 0 Å². The molecule has 1 saturated heterocycles. The molecule has 2 atom stereocenters. The summed E-state index contributed by atoms with van der Waals surface area (Å²) in [4.78, 5) is 21.8. The van der Waals surface area contributed by atoms with E-state index in [0.29, 0.717) is 0 Å². The summed E-state index contributed by atoms with van der Waals surface area (Å²) >= 11 is 0.